The molecule has 3 rings (SSSR count). The van der Waals surface area contributed by atoms with E-state index in [0.717, 1.165) is 30.4 Å². The molecule has 2 atom stereocenters. The Morgan fingerprint density at radius 1 is 1.33 bits per heavy atom. The van der Waals surface area contributed by atoms with E-state index in [4.69, 9.17) is 4.74 Å². The van der Waals surface area contributed by atoms with Crippen LogP contribution in [0.5, 0.6) is 0 Å². The molecule has 112 valence electrons. The predicted octanol–water partition coefficient (Wildman–Crippen LogP) is 2.37. The lowest BCUT2D eigenvalue weighted by molar-refractivity contribution is -0.151. The van der Waals surface area contributed by atoms with Gasteiger partial charge in [0.25, 0.3) is 0 Å². The zero-order valence-electron chi connectivity index (χ0n) is 12.0. The molecule has 1 aliphatic heterocycles. The maximum absolute atomic E-state index is 13.6. The van der Waals surface area contributed by atoms with Crippen molar-refractivity contribution in [2.24, 2.45) is 0 Å². The molecule has 21 heavy (non-hydrogen) atoms. The van der Waals surface area contributed by atoms with Crippen LogP contribution in [0.1, 0.15) is 42.9 Å². The molecule has 0 bridgehead atoms. The summed E-state index contributed by atoms with van der Waals surface area (Å²) in [6.45, 7) is 0. The number of benzene rings is 1. The number of aryl methyl sites for hydroxylation is 1. The summed E-state index contributed by atoms with van der Waals surface area (Å²) in [5, 5.41) is 0. The van der Waals surface area contributed by atoms with Crippen LogP contribution in [-0.4, -0.2) is 29.9 Å². The first-order valence-electron chi connectivity index (χ1n) is 7.29. The molecule has 0 N–H and O–H groups in total. The number of rotatable bonds is 2. The van der Waals surface area contributed by atoms with Crippen molar-refractivity contribution in [3.05, 3.63) is 35.1 Å². The second-order valence-corrected chi connectivity index (χ2v) is 5.63. The summed E-state index contributed by atoms with van der Waals surface area (Å²) in [7, 11) is 1.33. The third kappa shape index (κ3) is 2.41. The number of carbonyl (C=O) groups is 2. The van der Waals surface area contributed by atoms with Gasteiger partial charge in [0.15, 0.2) is 0 Å². The molecule has 4 nitrogen and oxygen atoms in total. The number of fused-ring (bicyclic) bond motifs is 1. The Balaban J connectivity index is 1.98. The molecule has 1 heterocycles. The number of carbonyl (C=O) groups excluding carboxylic acids is 2. The van der Waals surface area contributed by atoms with E-state index < -0.39 is 6.04 Å². The first-order chi connectivity index (χ1) is 10.1. The fourth-order valence-corrected chi connectivity index (χ4v) is 3.49. The maximum atomic E-state index is 13.6. The van der Waals surface area contributed by atoms with E-state index in [1.54, 1.807) is 11.0 Å². The summed E-state index contributed by atoms with van der Waals surface area (Å²) in [6.07, 6.45) is 3.40. The van der Waals surface area contributed by atoms with Crippen molar-refractivity contribution in [3.63, 3.8) is 0 Å². The number of methoxy groups -OCH3 is 1. The minimum absolute atomic E-state index is 0.0486. The standard InChI is InChI=1S/C16H18FNO3/c1-21-16(20)14-7-8-15(19)18(14)13-4-2-3-10-5-6-11(17)9-12(10)13/h5-6,9,13-14H,2-4,7-8H2,1H3. The van der Waals surface area contributed by atoms with E-state index in [0.29, 0.717) is 12.8 Å². The Bertz CT molecular complexity index is 587. The fraction of sp³-hybridized carbons (Fsp3) is 0.500. The maximum Gasteiger partial charge on any atom is 0.328 e. The number of esters is 1. The van der Waals surface area contributed by atoms with Crippen LogP contribution in [0.25, 0.3) is 0 Å². The zero-order valence-corrected chi connectivity index (χ0v) is 12.0. The van der Waals surface area contributed by atoms with Crippen LogP contribution in [0.2, 0.25) is 0 Å². The van der Waals surface area contributed by atoms with Gasteiger partial charge in [-0.1, -0.05) is 6.07 Å². The normalized spacial score (nSPS) is 24.9. The van der Waals surface area contributed by atoms with Crippen LogP contribution < -0.4 is 0 Å². The Morgan fingerprint density at radius 2 is 2.14 bits per heavy atom. The number of hydrogen-bond acceptors (Lipinski definition) is 3. The number of likely N-dealkylation sites (tertiary alicyclic amines) is 1. The van der Waals surface area contributed by atoms with Gasteiger partial charge in [0.2, 0.25) is 5.91 Å². The van der Waals surface area contributed by atoms with Gasteiger partial charge >= 0.3 is 5.97 Å². The Labute approximate surface area is 122 Å². The lowest BCUT2D eigenvalue weighted by Gasteiger charge is -2.36. The third-order valence-electron chi connectivity index (χ3n) is 4.46. The molecular formula is C16H18FNO3. The van der Waals surface area contributed by atoms with Crippen molar-refractivity contribution in [2.75, 3.05) is 7.11 Å². The molecule has 0 spiro atoms. The molecule has 2 unspecified atom stereocenters. The molecule has 0 radical (unpaired) electrons. The molecule has 5 heteroatoms. The van der Waals surface area contributed by atoms with E-state index in [1.807, 2.05) is 0 Å². The molecule has 1 aliphatic carbocycles. The Morgan fingerprint density at radius 3 is 2.90 bits per heavy atom. The average Bonchev–Trinajstić information content (AvgIpc) is 2.87. The number of nitrogens with zero attached hydrogens (tertiary/aromatic N) is 1. The number of amides is 1. The average molecular weight is 291 g/mol. The molecular weight excluding hydrogens is 273 g/mol. The van der Waals surface area contributed by atoms with Gasteiger partial charge in [-0.25, -0.2) is 9.18 Å². The highest BCUT2D eigenvalue weighted by atomic mass is 19.1. The topological polar surface area (TPSA) is 46.6 Å². The molecule has 2 aliphatic rings. The number of hydrogen-bond donors (Lipinski definition) is 0. The summed E-state index contributed by atoms with van der Waals surface area (Å²) >= 11 is 0. The predicted molar refractivity (Wildman–Crippen MR) is 74.0 cm³/mol. The van der Waals surface area contributed by atoms with Crippen LogP contribution in [0, 0.1) is 5.82 Å². The smallest absolute Gasteiger partial charge is 0.328 e. The first-order valence-corrected chi connectivity index (χ1v) is 7.29. The van der Waals surface area contributed by atoms with Gasteiger partial charge in [0.05, 0.1) is 13.2 Å². The van der Waals surface area contributed by atoms with E-state index in [2.05, 4.69) is 0 Å². The molecule has 1 amide bonds. The molecule has 0 aromatic heterocycles. The van der Waals surface area contributed by atoms with Crippen molar-refractivity contribution >= 4 is 11.9 Å². The summed E-state index contributed by atoms with van der Waals surface area (Å²) < 4.78 is 18.4. The van der Waals surface area contributed by atoms with Crippen molar-refractivity contribution in [3.8, 4) is 0 Å². The Hall–Kier alpha value is -1.91. The fourth-order valence-electron chi connectivity index (χ4n) is 3.49. The van der Waals surface area contributed by atoms with Gasteiger partial charge in [-0.2, -0.15) is 0 Å². The second kappa shape index (κ2) is 5.47. The Kier molecular flexibility index (Phi) is 3.66. The summed E-state index contributed by atoms with van der Waals surface area (Å²) in [5.74, 6) is -0.737. The monoisotopic (exact) mass is 291 g/mol. The van der Waals surface area contributed by atoms with E-state index >= 15 is 0 Å². The first kappa shape index (κ1) is 14.0. The van der Waals surface area contributed by atoms with Crippen LogP contribution >= 0.6 is 0 Å². The van der Waals surface area contributed by atoms with Crippen molar-refractivity contribution in [1.29, 1.82) is 0 Å². The van der Waals surface area contributed by atoms with Gasteiger partial charge in [0, 0.05) is 6.42 Å². The summed E-state index contributed by atoms with van der Waals surface area (Å²) in [5.41, 5.74) is 1.90. The van der Waals surface area contributed by atoms with Gasteiger partial charge in [-0.15, -0.1) is 0 Å². The molecule has 1 aromatic rings. The minimum Gasteiger partial charge on any atom is -0.467 e. The van der Waals surface area contributed by atoms with Gasteiger partial charge < -0.3 is 9.64 Å². The van der Waals surface area contributed by atoms with E-state index in [1.165, 1.54) is 19.2 Å². The molecule has 1 aromatic carbocycles. The van der Waals surface area contributed by atoms with Crippen LogP contribution in [0.3, 0.4) is 0 Å². The molecule has 0 saturated carbocycles. The second-order valence-electron chi connectivity index (χ2n) is 5.63. The zero-order chi connectivity index (χ0) is 15.0. The third-order valence-corrected chi connectivity index (χ3v) is 4.46. The van der Waals surface area contributed by atoms with Crippen molar-refractivity contribution in [2.45, 2.75) is 44.2 Å². The van der Waals surface area contributed by atoms with Crippen molar-refractivity contribution < 1.29 is 18.7 Å². The number of halogens is 1. The lowest BCUT2D eigenvalue weighted by atomic mass is 9.86. The summed E-state index contributed by atoms with van der Waals surface area (Å²) in [6, 6.07) is 3.97. The minimum atomic E-state index is -0.540. The summed E-state index contributed by atoms with van der Waals surface area (Å²) in [4.78, 5) is 25.7. The van der Waals surface area contributed by atoms with Crippen molar-refractivity contribution in [1.82, 2.24) is 4.90 Å². The van der Waals surface area contributed by atoms with Gasteiger partial charge in [0.1, 0.15) is 11.9 Å². The van der Waals surface area contributed by atoms with E-state index in [9.17, 15) is 14.0 Å². The van der Waals surface area contributed by atoms with Gasteiger partial charge in [-0.05, 0) is 48.9 Å². The largest absolute Gasteiger partial charge is 0.467 e. The van der Waals surface area contributed by atoms with Crippen LogP contribution in [0.4, 0.5) is 4.39 Å². The molecule has 1 fully saturated rings. The SMILES string of the molecule is COC(=O)C1CCC(=O)N1C1CCCc2ccc(F)cc21. The van der Waals surface area contributed by atoms with Crippen LogP contribution in [0.15, 0.2) is 18.2 Å². The number of ether oxygens (including phenoxy) is 1. The highest BCUT2D eigenvalue weighted by Gasteiger charge is 2.42. The molecule has 1 saturated heterocycles. The highest BCUT2D eigenvalue weighted by molar-refractivity contribution is 5.88. The quantitative estimate of drug-likeness (QED) is 0.786. The van der Waals surface area contributed by atoms with Crippen LogP contribution in [-0.2, 0) is 20.7 Å². The lowest BCUT2D eigenvalue weighted by Crippen LogP contribution is -2.42. The highest BCUT2D eigenvalue weighted by Crippen LogP contribution is 2.39. The van der Waals surface area contributed by atoms with E-state index in [-0.39, 0.29) is 23.7 Å². The van der Waals surface area contributed by atoms with Gasteiger partial charge in [-0.3, -0.25) is 4.79 Å².